The zero-order valence-corrected chi connectivity index (χ0v) is 9.42. The first-order chi connectivity index (χ1) is 7.70. The van der Waals surface area contributed by atoms with Crippen LogP contribution >= 0.6 is 0 Å². The molecule has 1 aliphatic rings. The van der Waals surface area contributed by atoms with E-state index >= 15 is 0 Å². The fourth-order valence-electron chi connectivity index (χ4n) is 2.16. The summed E-state index contributed by atoms with van der Waals surface area (Å²) in [6, 6.07) is 5.92. The van der Waals surface area contributed by atoms with Crippen LogP contribution in [0.5, 0.6) is 0 Å². The first kappa shape index (κ1) is 10.8. The Morgan fingerprint density at radius 1 is 1.56 bits per heavy atom. The van der Waals surface area contributed by atoms with Gasteiger partial charge in [0.2, 0.25) is 0 Å². The summed E-state index contributed by atoms with van der Waals surface area (Å²) in [5.74, 6) is 0. The molecular weight excluding hydrogens is 202 g/mol. The van der Waals surface area contributed by atoms with Crippen LogP contribution in [0.1, 0.15) is 30.5 Å². The van der Waals surface area contributed by atoms with Crippen molar-refractivity contribution in [2.75, 3.05) is 12.3 Å². The molecule has 0 saturated heterocycles. The van der Waals surface area contributed by atoms with E-state index < -0.39 is 0 Å². The topological polar surface area (TPSA) is 67.2 Å². The van der Waals surface area contributed by atoms with Crippen molar-refractivity contribution in [1.82, 2.24) is 10.6 Å². The molecule has 4 N–H and O–H groups in total. The van der Waals surface area contributed by atoms with Crippen molar-refractivity contribution >= 4 is 11.7 Å². The van der Waals surface area contributed by atoms with E-state index in [0.717, 1.165) is 18.5 Å². The second-order valence-electron chi connectivity index (χ2n) is 4.05. The monoisotopic (exact) mass is 219 g/mol. The van der Waals surface area contributed by atoms with Crippen LogP contribution in [0.15, 0.2) is 18.2 Å². The summed E-state index contributed by atoms with van der Waals surface area (Å²) in [5, 5.41) is 5.70. The van der Waals surface area contributed by atoms with Gasteiger partial charge in [0.15, 0.2) is 0 Å². The third-order valence-corrected chi connectivity index (χ3v) is 2.89. The van der Waals surface area contributed by atoms with E-state index in [1.807, 2.05) is 25.1 Å². The van der Waals surface area contributed by atoms with Crippen LogP contribution in [0.25, 0.3) is 0 Å². The third kappa shape index (κ3) is 2.10. The maximum atomic E-state index is 11.4. The van der Waals surface area contributed by atoms with Gasteiger partial charge in [-0.15, -0.1) is 0 Å². The number of aryl methyl sites for hydroxylation is 1. The number of hydrogen-bond donors (Lipinski definition) is 3. The Hall–Kier alpha value is -1.71. The smallest absolute Gasteiger partial charge is 0.315 e. The SMILES string of the molecule is CCNC(=O)NC1CCc2cc(N)ccc21. The van der Waals surface area contributed by atoms with Crippen LogP contribution in [-0.2, 0) is 6.42 Å². The Bertz CT molecular complexity index is 403. The summed E-state index contributed by atoms with van der Waals surface area (Å²) in [6.07, 6.45) is 1.94. The number of rotatable bonds is 2. The zero-order chi connectivity index (χ0) is 11.5. The maximum absolute atomic E-state index is 11.4. The highest BCUT2D eigenvalue weighted by Crippen LogP contribution is 2.32. The van der Waals surface area contributed by atoms with Gasteiger partial charge in [-0.05, 0) is 43.0 Å². The average Bonchev–Trinajstić information content (AvgIpc) is 2.61. The van der Waals surface area contributed by atoms with Gasteiger partial charge in [-0.25, -0.2) is 4.79 Å². The normalized spacial score (nSPS) is 17.9. The molecule has 0 spiro atoms. The van der Waals surface area contributed by atoms with Crippen molar-refractivity contribution in [3.63, 3.8) is 0 Å². The van der Waals surface area contributed by atoms with Crippen molar-refractivity contribution in [3.8, 4) is 0 Å². The highest BCUT2D eigenvalue weighted by atomic mass is 16.2. The number of nitrogen functional groups attached to an aromatic ring is 1. The molecule has 0 bridgehead atoms. The number of hydrogen-bond acceptors (Lipinski definition) is 2. The van der Waals surface area contributed by atoms with Crippen LogP contribution in [0.2, 0.25) is 0 Å². The molecule has 4 heteroatoms. The van der Waals surface area contributed by atoms with E-state index in [2.05, 4.69) is 10.6 Å². The van der Waals surface area contributed by atoms with E-state index in [0.29, 0.717) is 6.54 Å². The van der Waals surface area contributed by atoms with Crippen molar-refractivity contribution in [2.45, 2.75) is 25.8 Å². The number of benzene rings is 1. The maximum Gasteiger partial charge on any atom is 0.315 e. The second kappa shape index (κ2) is 4.43. The molecule has 0 saturated carbocycles. The van der Waals surface area contributed by atoms with Gasteiger partial charge >= 0.3 is 6.03 Å². The molecule has 1 aromatic rings. The van der Waals surface area contributed by atoms with Crippen molar-refractivity contribution in [2.24, 2.45) is 0 Å². The summed E-state index contributed by atoms with van der Waals surface area (Å²) in [7, 11) is 0. The fraction of sp³-hybridized carbons (Fsp3) is 0.417. The summed E-state index contributed by atoms with van der Waals surface area (Å²) < 4.78 is 0. The predicted molar refractivity (Wildman–Crippen MR) is 64.1 cm³/mol. The number of carbonyl (C=O) groups excluding carboxylic acids is 1. The number of carbonyl (C=O) groups is 1. The van der Waals surface area contributed by atoms with E-state index in [-0.39, 0.29) is 12.1 Å². The molecular formula is C12H17N3O. The molecule has 0 radical (unpaired) electrons. The largest absolute Gasteiger partial charge is 0.399 e. The van der Waals surface area contributed by atoms with Crippen LogP contribution in [0.3, 0.4) is 0 Å². The molecule has 1 atom stereocenters. The van der Waals surface area contributed by atoms with Gasteiger partial charge in [0.05, 0.1) is 6.04 Å². The minimum atomic E-state index is -0.0998. The average molecular weight is 219 g/mol. The lowest BCUT2D eigenvalue weighted by molar-refractivity contribution is 0.237. The van der Waals surface area contributed by atoms with E-state index in [4.69, 9.17) is 5.73 Å². The van der Waals surface area contributed by atoms with E-state index in [1.165, 1.54) is 11.1 Å². The standard InChI is InChI=1S/C12H17N3O/c1-2-14-12(16)15-11-6-3-8-7-9(13)4-5-10(8)11/h4-5,7,11H,2-3,6,13H2,1H3,(H2,14,15,16). The van der Waals surface area contributed by atoms with Gasteiger partial charge in [0, 0.05) is 12.2 Å². The molecule has 2 rings (SSSR count). The predicted octanol–water partition coefficient (Wildman–Crippen LogP) is 1.58. The molecule has 1 aliphatic carbocycles. The van der Waals surface area contributed by atoms with Gasteiger partial charge in [0.25, 0.3) is 0 Å². The van der Waals surface area contributed by atoms with Crippen molar-refractivity contribution in [1.29, 1.82) is 0 Å². The molecule has 1 unspecified atom stereocenters. The molecule has 0 aliphatic heterocycles. The summed E-state index contributed by atoms with van der Waals surface area (Å²) in [5.41, 5.74) is 8.96. The van der Waals surface area contributed by atoms with E-state index in [1.54, 1.807) is 0 Å². The minimum absolute atomic E-state index is 0.0998. The highest BCUT2D eigenvalue weighted by molar-refractivity contribution is 5.74. The Morgan fingerprint density at radius 2 is 2.38 bits per heavy atom. The van der Waals surface area contributed by atoms with Crippen molar-refractivity contribution < 1.29 is 4.79 Å². The zero-order valence-electron chi connectivity index (χ0n) is 9.42. The number of nitrogens with one attached hydrogen (secondary N) is 2. The van der Waals surface area contributed by atoms with Gasteiger partial charge < -0.3 is 16.4 Å². The summed E-state index contributed by atoms with van der Waals surface area (Å²) in [6.45, 7) is 2.55. The van der Waals surface area contributed by atoms with Crippen LogP contribution < -0.4 is 16.4 Å². The quantitative estimate of drug-likeness (QED) is 0.661. The van der Waals surface area contributed by atoms with Gasteiger partial charge in [-0.1, -0.05) is 6.07 Å². The lowest BCUT2D eigenvalue weighted by Gasteiger charge is -2.14. The van der Waals surface area contributed by atoms with Crippen LogP contribution in [0, 0.1) is 0 Å². The van der Waals surface area contributed by atoms with E-state index in [9.17, 15) is 4.79 Å². The van der Waals surface area contributed by atoms with Gasteiger partial charge in [0.1, 0.15) is 0 Å². The molecule has 1 aromatic carbocycles. The van der Waals surface area contributed by atoms with Crippen molar-refractivity contribution in [3.05, 3.63) is 29.3 Å². The lowest BCUT2D eigenvalue weighted by atomic mass is 10.1. The molecule has 4 nitrogen and oxygen atoms in total. The number of urea groups is 1. The number of anilines is 1. The fourth-order valence-corrected chi connectivity index (χ4v) is 2.16. The summed E-state index contributed by atoms with van der Waals surface area (Å²) >= 11 is 0. The summed E-state index contributed by atoms with van der Waals surface area (Å²) in [4.78, 5) is 11.4. The number of fused-ring (bicyclic) bond motifs is 1. The Balaban J connectivity index is 2.09. The Kier molecular flexibility index (Phi) is 2.99. The number of nitrogens with two attached hydrogens (primary N) is 1. The Labute approximate surface area is 95.2 Å². The Morgan fingerprint density at radius 3 is 3.12 bits per heavy atom. The first-order valence-electron chi connectivity index (χ1n) is 5.63. The van der Waals surface area contributed by atoms with Crippen LogP contribution in [0.4, 0.5) is 10.5 Å². The molecule has 0 heterocycles. The van der Waals surface area contributed by atoms with Gasteiger partial charge in [-0.2, -0.15) is 0 Å². The lowest BCUT2D eigenvalue weighted by Crippen LogP contribution is -2.37. The minimum Gasteiger partial charge on any atom is -0.399 e. The molecule has 86 valence electrons. The first-order valence-corrected chi connectivity index (χ1v) is 5.63. The molecule has 0 fully saturated rings. The highest BCUT2D eigenvalue weighted by Gasteiger charge is 2.23. The second-order valence-corrected chi connectivity index (χ2v) is 4.05. The molecule has 16 heavy (non-hydrogen) atoms. The third-order valence-electron chi connectivity index (χ3n) is 2.89. The van der Waals surface area contributed by atoms with Crippen LogP contribution in [-0.4, -0.2) is 12.6 Å². The molecule has 2 amide bonds. The molecule has 0 aromatic heterocycles. The number of amides is 2. The van der Waals surface area contributed by atoms with Gasteiger partial charge in [-0.3, -0.25) is 0 Å².